The number of hydrogen-bond donors (Lipinski definition) is 0. The monoisotopic (exact) mass is 187 g/mol. The van der Waals surface area contributed by atoms with Crippen LogP contribution in [0.4, 0.5) is 0 Å². The van der Waals surface area contributed by atoms with Gasteiger partial charge in [-0.3, -0.25) is 4.90 Å². The fourth-order valence-corrected chi connectivity index (χ4v) is 2.07. The molecule has 0 saturated heterocycles. The summed E-state index contributed by atoms with van der Waals surface area (Å²) in [7, 11) is 0. The van der Waals surface area contributed by atoms with Gasteiger partial charge in [0.25, 0.3) is 0 Å². The molecule has 0 spiro atoms. The molecule has 0 N–H and O–H groups in total. The van der Waals surface area contributed by atoms with Crippen LogP contribution >= 0.6 is 0 Å². The van der Waals surface area contributed by atoms with Gasteiger partial charge in [0.1, 0.15) is 0 Å². The van der Waals surface area contributed by atoms with E-state index in [1.807, 2.05) is 0 Å². The van der Waals surface area contributed by atoms with Crippen LogP contribution in [0, 0.1) is 0 Å². The molecular formula is C13H17N. The minimum atomic E-state index is 1.04. The molecule has 0 saturated carbocycles. The van der Waals surface area contributed by atoms with Crippen molar-refractivity contribution in [1.82, 2.24) is 4.90 Å². The Morgan fingerprint density at radius 3 is 2.79 bits per heavy atom. The van der Waals surface area contributed by atoms with Crippen LogP contribution in [0.5, 0.6) is 0 Å². The van der Waals surface area contributed by atoms with Gasteiger partial charge in [-0.05, 0) is 24.5 Å². The Morgan fingerprint density at radius 2 is 2.07 bits per heavy atom. The van der Waals surface area contributed by atoms with E-state index in [9.17, 15) is 0 Å². The normalized spacial score (nSPS) is 16.4. The van der Waals surface area contributed by atoms with Gasteiger partial charge in [0.15, 0.2) is 0 Å². The molecule has 0 aromatic heterocycles. The number of nitrogens with zero attached hydrogens (tertiary/aromatic N) is 1. The zero-order valence-electron chi connectivity index (χ0n) is 8.79. The number of benzene rings is 1. The maximum atomic E-state index is 3.96. The fraction of sp³-hybridized carbons (Fsp3) is 0.385. The van der Waals surface area contributed by atoms with Crippen molar-refractivity contribution >= 4 is 0 Å². The smallest absolute Gasteiger partial charge is 0.0240 e. The summed E-state index contributed by atoms with van der Waals surface area (Å²) in [5, 5.41) is 0. The molecular weight excluding hydrogens is 170 g/mol. The van der Waals surface area contributed by atoms with Crippen LogP contribution in [0.15, 0.2) is 36.4 Å². The number of fused-ring (bicyclic) bond motifs is 1. The molecule has 1 aliphatic heterocycles. The van der Waals surface area contributed by atoms with E-state index in [0.717, 1.165) is 13.1 Å². The Kier molecular flexibility index (Phi) is 2.69. The Bertz CT molecular complexity index is 341. The van der Waals surface area contributed by atoms with Crippen molar-refractivity contribution in [3.63, 3.8) is 0 Å². The van der Waals surface area contributed by atoms with E-state index >= 15 is 0 Å². The molecule has 1 nitrogen and oxygen atoms in total. The van der Waals surface area contributed by atoms with Crippen molar-refractivity contribution in [2.24, 2.45) is 0 Å². The summed E-state index contributed by atoms with van der Waals surface area (Å²) < 4.78 is 0. The van der Waals surface area contributed by atoms with Gasteiger partial charge in [-0.2, -0.15) is 0 Å². The Balaban J connectivity index is 2.09. The van der Waals surface area contributed by atoms with Crippen LogP contribution in [0.1, 0.15) is 18.1 Å². The van der Waals surface area contributed by atoms with Gasteiger partial charge >= 0.3 is 0 Å². The van der Waals surface area contributed by atoms with Gasteiger partial charge in [-0.15, -0.1) is 0 Å². The van der Waals surface area contributed by atoms with E-state index in [-0.39, 0.29) is 0 Å². The molecule has 1 aromatic carbocycles. The largest absolute Gasteiger partial charge is 0.295 e. The van der Waals surface area contributed by atoms with E-state index in [1.54, 1.807) is 0 Å². The van der Waals surface area contributed by atoms with Crippen molar-refractivity contribution in [2.75, 3.05) is 13.1 Å². The summed E-state index contributed by atoms with van der Waals surface area (Å²) >= 11 is 0. The molecule has 1 heterocycles. The summed E-state index contributed by atoms with van der Waals surface area (Å²) in [6.45, 7) is 9.35. The second-order valence-corrected chi connectivity index (χ2v) is 4.19. The van der Waals surface area contributed by atoms with Gasteiger partial charge in [0.05, 0.1) is 0 Å². The SMILES string of the molecule is C=C(C)CN1CCc2ccccc2C1. The molecule has 74 valence electrons. The highest BCUT2D eigenvalue weighted by Crippen LogP contribution is 2.18. The number of hydrogen-bond acceptors (Lipinski definition) is 1. The van der Waals surface area contributed by atoms with Crippen LogP contribution in [0.3, 0.4) is 0 Å². The molecule has 2 rings (SSSR count). The highest BCUT2D eigenvalue weighted by atomic mass is 15.1. The topological polar surface area (TPSA) is 3.24 Å². The van der Waals surface area contributed by atoms with Gasteiger partial charge in [-0.1, -0.05) is 36.4 Å². The third-order valence-electron chi connectivity index (χ3n) is 2.70. The van der Waals surface area contributed by atoms with E-state index in [1.165, 1.54) is 29.7 Å². The average molecular weight is 187 g/mol. The van der Waals surface area contributed by atoms with E-state index in [2.05, 4.69) is 42.7 Å². The molecule has 0 fully saturated rings. The minimum absolute atomic E-state index is 1.04. The van der Waals surface area contributed by atoms with E-state index < -0.39 is 0 Å². The quantitative estimate of drug-likeness (QED) is 0.643. The lowest BCUT2D eigenvalue weighted by atomic mass is 10.00. The Hall–Kier alpha value is -1.08. The highest BCUT2D eigenvalue weighted by Gasteiger charge is 2.14. The Labute approximate surface area is 86.1 Å². The van der Waals surface area contributed by atoms with Crippen molar-refractivity contribution in [3.8, 4) is 0 Å². The summed E-state index contributed by atoms with van der Waals surface area (Å²) in [5.41, 5.74) is 4.26. The van der Waals surface area contributed by atoms with Crippen molar-refractivity contribution in [3.05, 3.63) is 47.5 Å². The fourth-order valence-electron chi connectivity index (χ4n) is 2.07. The predicted octanol–water partition coefficient (Wildman–Crippen LogP) is 2.62. The molecule has 1 heteroatoms. The maximum Gasteiger partial charge on any atom is 0.0240 e. The van der Waals surface area contributed by atoms with Gasteiger partial charge in [-0.25, -0.2) is 0 Å². The van der Waals surface area contributed by atoms with Crippen molar-refractivity contribution in [1.29, 1.82) is 0 Å². The molecule has 0 bridgehead atoms. The molecule has 0 aliphatic carbocycles. The summed E-state index contributed by atoms with van der Waals surface area (Å²) in [6, 6.07) is 8.74. The standard InChI is InChI=1S/C13H17N/c1-11(2)9-14-8-7-12-5-3-4-6-13(12)10-14/h3-6H,1,7-10H2,2H3. The third kappa shape index (κ3) is 2.05. The second-order valence-electron chi connectivity index (χ2n) is 4.19. The van der Waals surface area contributed by atoms with Crippen LogP contribution < -0.4 is 0 Å². The van der Waals surface area contributed by atoms with Crippen LogP contribution in [-0.2, 0) is 13.0 Å². The number of rotatable bonds is 2. The van der Waals surface area contributed by atoms with E-state index in [0.29, 0.717) is 0 Å². The van der Waals surface area contributed by atoms with Gasteiger partial charge < -0.3 is 0 Å². The van der Waals surface area contributed by atoms with Crippen molar-refractivity contribution < 1.29 is 0 Å². The lowest BCUT2D eigenvalue weighted by Crippen LogP contribution is -2.31. The first-order valence-electron chi connectivity index (χ1n) is 5.19. The second kappa shape index (κ2) is 3.97. The first kappa shape index (κ1) is 9.47. The zero-order chi connectivity index (χ0) is 9.97. The summed E-state index contributed by atoms with van der Waals surface area (Å²) in [4.78, 5) is 2.46. The molecule has 0 atom stereocenters. The zero-order valence-corrected chi connectivity index (χ0v) is 8.79. The molecule has 0 amide bonds. The first-order valence-corrected chi connectivity index (χ1v) is 5.19. The van der Waals surface area contributed by atoms with Crippen molar-refractivity contribution in [2.45, 2.75) is 19.9 Å². The maximum absolute atomic E-state index is 3.96. The Morgan fingerprint density at radius 1 is 1.36 bits per heavy atom. The molecule has 1 aromatic rings. The summed E-state index contributed by atoms with van der Waals surface area (Å²) in [6.07, 6.45) is 1.18. The predicted molar refractivity (Wildman–Crippen MR) is 60.2 cm³/mol. The van der Waals surface area contributed by atoms with Crippen LogP contribution in [0.2, 0.25) is 0 Å². The minimum Gasteiger partial charge on any atom is -0.295 e. The lowest BCUT2D eigenvalue weighted by molar-refractivity contribution is 0.276. The van der Waals surface area contributed by atoms with E-state index in [4.69, 9.17) is 0 Å². The summed E-state index contributed by atoms with van der Waals surface area (Å²) in [5.74, 6) is 0. The molecule has 0 radical (unpaired) electrons. The molecule has 1 aliphatic rings. The first-order chi connectivity index (χ1) is 6.75. The van der Waals surface area contributed by atoms with Crippen LogP contribution in [-0.4, -0.2) is 18.0 Å². The molecule has 14 heavy (non-hydrogen) atoms. The lowest BCUT2D eigenvalue weighted by Gasteiger charge is -2.28. The van der Waals surface area contributed by atoms with Crippen LogP contribution in [0.25, 0.3) is 0 Å². The molecule has 0 unspecified atom stereocenters. The van der Waals surface area contributed by atoms with Gasteiger partial charge in [0, 0.05) is 19.6 Å². The van der Waals surface area contributed by atoms with Gasteiger partial charge in [0.2, 0.25) is 0 Å². The highest BCUT2D eigenvalue weighted by molar-refractivity contribution is 5.29. The average Bonchev–Trinajstić information content (AvgIpc) is 2.17. The third-order valence-corrected chi connectivity index (χ3v) is 2.70.